The quantitative estimate of drug-likeness (QED) is 0.507. The summed E-state index contributed by atoms with van der Waals surface area (Å²) in [5.74, 6) is -3.09. The van der Waals surface area contributed by atoms with E-state index in [9.17, 15) is 24.3 Å². The maximum absolute atomic E-state index is 12.9. The molecule has 12 heteroatoms. The van der Waals surface area contributed by atoms with Gasteiger partial charge in [0.1, 0.15) is 11.6 Å². The smallest absolute Gasteiger partial charge is 0.404 e. The maximum atomic E-state index is 12.9. The number of nitrogens with zero attached hydrogens (tertiary/aromatic N) is 1. The Labute approximate surface area is 167 Å². The van der Waals surface area contributed by atoms with Crippen LogP contribution in [0.5, 0.6) is 0 Å². The number of methoxy groups -OCH3 is 1. The Hall–Kier alpha value is -2.44. The van der Waals surface area contributed by atoms with Crippen molar-refractivity contribution < 1.29 is 33.8 Å². The van der Waals surface area contributed by atoms with Crippen LogP contribution in [0, 0.1) is 5.92 Å². The number of nitrogens with one attached hydrogen (secondary N) is 1. The van der Waals surface area contributed by atoms with Crippen molar-refractivity contribution in [1.29, 1.82) is 0 Å². The maximum Gasteiger partial charge on any atom is 0.404 e. The fraction of sp³-hybridized carbons (Fsp3) is 0.438. The number of thiazole rings is 1. The Kier molecular flexibility index (Phi) is 5.72. The topological polar surface area (TPSA) is 158 Å². The van der Waals surface area contributed by atoms with Crippen molar-refractivity contribution >= 4 is 46.9 Å². The minimum atomic E-state index is -1.61. The van der Waals surface area contributed by atoms with Crippen molar-refractivity contribution in [3.63, 3.8) is 0 Å². The molecule has 0 aromatic carbocycles. The van der Waals surface area contributed by atoms with Gasteiger partial charge in [-0.3, -0.25) is 9.59 Å². The summed E-state index contributed by atoms with van der Waals surface area (Å²) in [7, 11) is 1.29. The predicted molar refractivity (Wildman–Crippen MR) is 98.6 cm³/mol. The highest BCUT2D eigenvalue weighted by molar-refractivity contribution is 8.00. The van der Waals surface area contributed by atoms with Crippen LogP contribution in [0.2, 0.25) is 0 Å². The van der Waals surface area contributed by atoms with E-state index >= 15 is 0 Å². The molecule has 1 aromatic heterocycles. The number of ether oxygens (including phenoxy) is 2. The van der Waals surface area contributed by atoms with Gasteiger partial charge in [-0.15, -0.1) is 23.1 Å². The Morgan fingerprint density at radius 3 is 2.79 bits per heavy atom. The van der Waals surface area contributed by atoms with Gasteiger partial charge in [-0.25, -0.2) is 14.6 Å². The number of carboxylic acid groups (broad SMARTS) is 1. The van der Waals surface area contributed by atoms with Gasteiger partial charge in [-0.2, -0.15) is 0 Å². The number of thioether (sulfide) groups is 1. The van der Waals surface area contributed by atoms with E-state index in [4.69, 9.17) is 15.2 Å². The van der Waals surface area contributed by atoms with Gasteiger partial charge in [-0.1, -0.05) is 0 Å². The fourth-order valence-corrected chi connectivity index (χ4v) is 5.52. The Morgan fingerprint density at radius 1 is 1.46 bits per heavy atom. The van der Waals surface area contributed by atoms with Crippen LogP contribution in [0.25, 0.3) is 0 Å². The molecule has 0 spiro atoms. The van der Waals surface area contributed by atoms with Crippen molar-refractivity contribution in [2.45, 2.75) is 17.4 Å². The van der Waals surface area contributed by atoms with Gasteiger partial charge in [0.25, 0.3) is 0 Å². The van der Waals surface area contributed by atoms with Crippen LogP contribution in [0.4, 0.5) is 4.79 Å². The van der Waals surface area contributed by atoms with Gasteiger partial charge in [0.2, 0.25) is 11.6 Å². The number of aliphatic carboxylic acids is 1. The number of nitrogens with two attached hydrogens (primary N) is 1. The molecule has 4 N–H and O–H groups in total. The molecule has 1 fully saturated rings. The molecule has 1 aliphatic carbocycles. The van der Waals surface area contributed by atoms with Crippen molar-refractivity contribution in [3.05, 3.63) is 27.7 Å². The molecule has 10 nitrogen and oxygen atoms in total. The molecule has 28 heavy (non-hydrogen) atoms. The van der Waals surface area contributed by atoms with Crippen molar-refractivity contribution in [2.75, 3.05) is 19.5 Å². The largest absolute Gasteiger partial charge is 0.478 e. The molecule has 0 bridgehead atoms. The summed E-state index contributed by atoms with van der Waals surface area (Å²) in [6, 6.07) is 0. The van der Waals surface area contributed by atoms with Crippen LogP contribution >= 0.6 is 23.1 Å². The first-order valence-corrected chi connectivity index (χ1v) is 10.0. The predicted octanol–water partition coefficient (Wildman–Crippen LogP) is -0.0647. The highest BCUT2D eigenvalue weighted by Crippen LogP contribution is 2.51. The lowest BCUT2D eigenvalue weighted by Crippen LogP contribution is -2.76. The monoisotopic (exact) mass is 427 g/mol. The highest BCUT2D eigenvalue weighted by atomic mass is 32.2. The number of Topliss-reactive ketones (excluding diaryl/α,β-unsaturated/α-hetero) is 1. The van der Waals surface area contributed by atoms with Gasteiger partial charge in [0, 0.05) is 24.4 Å². The molecular weight excluding hydrogens is 410 g/mol. The Bertz CT molecular complexity index is 854. The van der Waals surface area contributed by atoms with E-state index < -0.39 is 40.6 Å². The van der Waals surface area contributed by atoms with Crippen LogP contribution in [0.3, 0.4) is 0 Å². The number of carbonyl (C=O) groups is 4. The Morgan fingerprint density at radius 2 is 2.21 bits per heavy atom. The lowest BCUT2D eigenvalue weighted by Gasteiger charge is -2.53. The van der Waals surface area contributed by atoms with Gasteiger partial charge in [0.05, 0.1) is 23.2 Å². The minimum Gasteiger partial charge on any atom is -0.478 e. The Balaban J connectivity index is 1.81. The minimum absolute atomic E-state index is 0.0164. The number of ketones is 1. The van der Waals surface area contributed by atoms with Gasteiger partial charge in [-0.05, 0) is 5.57 Å². The van der Waals surface area contributed by atoms with Gasteiger partial charge >= 0.3 is 12.1 Å². The van der Waals surface area contributed by atoms with E-state index in [0.717, 1.165) is 0 Å². The molecule has 0 radical (unpaired) electrons. The van der Waals surface area contributed by atoms with Crippen LogP contribution in [0.1, 0.15) is 5.01 Å². The number of rotatable bonds is 7. The molecule has 3 rings (SSSR count). The summed E-state index contributed by atoms with van der Waals surface area (Å²) < 4.78 is 10.1. The number of carboxylic acids is 1. The average molecular weight is 427 g/mol. The first-order valence-electron chi connectivity index (χ1n) is 8.08. The van der Waals surface area contributed by atoms with Crippen molar-refractivity contribution in [3.8, 4) is 0 Å². The molecule has 2 amide bonds. The molecule has 1 unspecified atom stereocenters. The second kappa shape index (κ2) is 7.89. The highest BCUT2D eigenvalue weighted by Gasteiger charge is 2.67. The number of carbonyl (C=O) groups excluding carboxylic acids is 3. The van der Waals surface area contributed by atoms with E-state index in [2.05, 4.69) is 10.3 Å². The number of primary amides is 1. The van der Waals surface area contributed by atoms with Crippen LogP contribution < -0.4 is 11.1 Å². The van der Waals surface area contributed by atoms with Gasteiger partial charge < -0.3 is 25.6 Å². The average Bonchev–Trinajstić information content (AvgIpc) is 3.15. The number of hydrogen-bond donors (Lipinski definition) is 3. The second-order valence-corrected chi connectivity index (χ2v) is 8.20. The number of amides is 2. The van der Waals surface area contributed by atoms with E-state index in [1.165, 1.54) is 30.2 Å². The molecule has 3 atom stereocenters. The third kappa shape index (κ3) is 3.50. The summed E-state index contributed by atoms with van der Waals surface area (Å²) in [5.41, 5.74) is 3.48. The molecule has 1 aliphatic heterocycles. The summed E-state index contributed by atoms with van der Waals surface area (Å²) in [6.07, 6.45) is 0.516. The van der Waals surface area contributed by atoms with Crippen molar-refractivity contribution in [2.24, 2.45) is 11.7 Å². The number of fused-ring (bicyclic) bond motifs is 1. The number of hydrogen-bond acceptors (Lipinski definition) is 9. The molecule has 1 saturated carbocycles. The van der Waals surface area contributed by atoms with Crippen molar-refractivity contribution in [1.82, 2.24) is 10.3 Å². The molecule has 2 heterocycles. The summed E-state index contributed by atoms with van der Waals surface area (Å²) in [5, 5.41) is 13.9. The summed E-state index contributed by atoms with van der Waals surface area (Å²) in [6.45, 7) is -0.309. The third-order valence-corrected chi connectivity index (χ3v) is 6.80. The zero-order valence-corrected chi connectivity index (χ0v) is 16.3. The van der Waals surface area contributed by atoms with E-state index in [1.807, 2.05) is 0 Å². The van der Waals surface area contributed by atoms with Crippen LogP contribution in [-0.2, 0) is 30.3 Å². The fourth-order valence-electron chi connectivity index (χ4n) is 3.32. The first-order chi connectivity index (χ1) is 13.3. The normalized spacial score (nSPS) is 26.2. The SMILES string of the molecule is CO[C@@]1(NC(=O)Cc2nccs2)C(=O)C2C(C(=O)O)=C(COC(N)=O)CS[C@H]21. The summed E-state index contributed by atoms with van der Waals surface area (Å²) in [4.78, 5) is 51.9. The standard InChI is InChI=1S/C16H17N3O7S2/c1-25-16(19-8(20)4-9-18-2-3-27-9)12(21)11-10(14(22)23)7(5-26-15(17)24)6-28-13(11)16/h2-3,11,13H,4-6H2,1H3,(H2,17,24)(H,19,20)(H,22,23)/t11?,13-,16+/m1/s1. The first kappa shape index (κ1) is 20.3. The second-order valence-electron chi connectivity index (χ2n) is 6.09. The summed E-state index contributed by atoms with van der Waals surface area (Å²) >= 11 is 2.56. The zero-order chi connectivity index (χ0) is 20.5. The number of aromatic nitrogens is 1. The van der Waals surface area contributed by atoms with Crippen LogP contribution in [-0.4, -0.2) is 64.3 Å². The molecule has 2 aliphatic rings. The lowest BCUT2D eigenvalue weighted by atomic mass is 9.68. The zero-order valence-electron chi connectivity index (χ0n) is 14.7. The van der Waals surface area contributed by atoms with Crippen LogP contribution in [0.15, 0.2) is 22.7 Å². The van der Waals surface area contributed by atoms with Gasteiger partial charge in [0.15, 0.2) is 5.78 Å². The molecule has 1 aromatic rings. The van der Waals surface area contributed by atoms with E-state index in [-0.39, 0.29) is 24.4 Å². The molecular formula is C16H17N3O7S2. The van der Waals surface area contributed by atoms with E-state index in [1.54, 1.807) is 11.6 Å². The van der Waals surface area contributed by atoms with E-state index in [0.29, 0.717) is 10.6 Å². The third-order valence-electron chi connectivity index (χ3n) is 4.54. The molecule has 0 saturated heterocycles. The lowest BCUT2D eigenvalue weighted by molar-refractivity contribution is -0.172. The molecule has 150 valence electrons.